The molecule has 0 spiro atoms. The molecule has 7 heteroatoms. The number of nitrogens with zero attached hydrogens (tertiary/aromatic N) is 2. The molecule has 0 amide bonds. The van der Waals surface area contributed by atoms with Crippen LogP contribution in [0.3, 0.4) is 0 Å². The number of aromatic nitrogens is 1. The second-order valence-electron chi connectivity index (χ2n) is 5.39. The molecule has 0 bridgehead atoms. The first-order chi connectivity index (χ1) is 8.62. The molecule has 0 N–H and O–H groups in total. The van der Waals surface area contributed by atoms with Gasteiger partial charge in [0.2, 0.25) is 0 Å². The van der Waals surface area contributed by atoms with Crippen LogP contribution < -0.4 is 0 Å². The van der Waals surface area contributed by atoms with Crippen molar-refractivity contribution in [3.8, 4) is 0 Å². The summed E-state index contributed by atoms with van der Waals surface area (Å²) in [6.07, 6.45) is -4.21. The average Bonchev–Trinajstić information content (AvgIpc) is 2.63. The molecule has 2 nitrogen and oxygen atoms in total. The summed E-state index contributed by atoms with van der Waals surface area (Å²) in [5.74, 6) is 0.174. The maximum atomic E-state index is 12.4. The van der Waals surface area contributed by atoms with E-state index in [2.05, 4.69) is 4.98 Å². The van der Waals surface area contributed by atoms with Crippen LogP contribution in [-0.4, -0.2) is 35.0 Å². The standard InChI is InChI=1S/C12H18ClF3N2S/c1-11(2,3)9-7-19-10(17-9)6-18(5-4-13)8-12(14,15)16/h7H,4-6,8H2,1-3H3. The molecule has 0 aromatic carbocycles. The van der Waals surface area contributed by atoms with Crippen LogP contribution in [0, 0.1) is 0 Å². The first-order valence-electron chi connectivity index (χ1n) is 5.92. The number of hydrogen-bond donors (Lipinski definition) is 0. The van der Waals surface area contributed by atoms with Crippen molar-refractivity contribution in [3.05, 3.63) is 16.1 Å². The summed E-state index contributed by atoms with van der Waals surface area (Å²) in [6.45, 7) is 5.51. The van der Waals surface area contributed by atoms with Crippen LogP contribution in [0.25, 0.3) is 0 Å². The Morgan fingerprint density at radius 1 is 1.32 bits per heavy atom. The molecule has 1 aromatic heterocycles. The minimum absolute atomic E-state index is 0.0872. The van der Waals surface area contributed by atoms with Crippen molar-refractivity contribution in [1.82, 2.24) is 9.88 Å². The number of alkyl halides is 4. The van der Waals surface area contributed by atoms with Crippen LogP contribution in [0.1, 0.15) is 31.5 Å². The lowest BCUT2D eigenvalue weighted by Crippen LogP contribution is -2.35. The van der Waals surface area contributed by atoms with Gasteiger partial charge in [0.1, 0.15) is 5.01 Å². The van der Waals surface area contributed by atoms with Crippen molar-refractivity contribution in [3.63, 3.8) is 0 Å². The zero-order valence-electron chi connectivity index (χ0n) is 11.2. The Morgan fingerprint density at radius 2 is 1.95 bits per heavy atom. The molecule has 0 atom stereocenters. The molecule has 19 heavy (non-hydrogen) atoms. The monoisotopic (exact) mass is 314 g/mol. The molecule has 110 valence electrons. The van der Waals surface area contributed by atoms with Crippen molar-refractivity contribution >= 4 is 22.9 Å². The molecule has 1 rings (SSSR count). The van der Waals surface area contributed by atoms with E-state index in [9.17, 15) is 13.2 Å². The topological polar surface area (TPSA) is 16.1 Å². The first-order valence-corrected chi connectivity index (χ1v) is 7.33. The van der Waals surface area contributed by atoms with E-state index in [1.54, 1.807) is 0 Å². The highest BCUT2D eigenvalue weighted by molar-refractivity contribution is 7.09. The molecule has 1 aromatic rings. The smallest absolute Gasteiger partial charge is 0.287 e. The zero-order valence-corrected chi connectivity index (χ0v) is 12.8. The molecule has 0 saturated carbocycles. The molecule has 0 radical (unpaired) electrons. The predicted octanol–water partition coefficient (Wildman–Crippen LogP) is 4.04. The van der Waals surface area contributed by atoms with E-state index in [0.717, 1.165) is 5.69 Å². The van der Waals surface area contributed by atoms with E-state index in [1.807, 2.05) is 26.2 Å². The molecule has 0 aliphatic rings. The van der Waals surface area contributed by atoms with Gasteiger partial charge in [0.05, 0.1) is 18.8 Å². The van der Waals surface area contributed by atoms with Gasteiger partial charge in [-0.15, -0.1) is 22.9 Å². The SMILES string of the molecule is CC(C)(C)c1csc(CN(CCCl)CC(F)(F)F)n1. The Labute approximate surface area is 120 Å². The first kappa shape index (κ1) is 16.7. The van der Waals surface area contributed by atoms with E-state index >= 15 is 0 Å². The predicted molar refractivity (Wildman–Crippen MR) is 72.9 cm³/mol. The van der Waals surface area contributed by atoms with Crippen LogP contribution in [0.5, 0.6) is 0 Å². The highest BCUT2D eigenvalue weighted by Gasteiger charge is 2.31. The van der Waals surface area contributed by atoms with Gasteiger partial charge in [0.15, 0.2) is 0 Å². The Balaban J connectivity index is 2.71. The summed E-state index contributed by atoms with van der Waals surface area (Å²) in [5.41, 5.74) is 0.821. The van der Waals surface area contributed by atoms with Crippen molar-refractivity contribution in [2.24, 2.45) is 0 Å². The van der Waals surface area contributed by atoms with E-state index in [4.69, 9.17) is 11.6 Å². The molecule has 0 fully saturated rings. The molecule has 0 saturated heterocycles. The number of hydrogen-bond acceptors (Lipinski definition) is 3. The highest BCUT2D eigenvalue weighted by atomic mass is 35.5. The van der Waals surface area contributed by atoms with Gasteiger partial charge in [-0.1, -0.05) is 20.8 Å². The van der Waals surface area contributed by atoms with Crippen molar-refractivity contribution in [1.29, 1.82) is 0 Å². The molecule has 0 aliphatic heterocycles. The van der Waals surface area contributed by atoms with Crippen molar-refractivity contribution < 1.29 is 13.2 Å². The summed E-state index contributed by atoms with van der Waals surface area (Å²) < 4.78 is 37.3. The Hall–Kier alpha value is -0.330. The lowest BCUT2D eigenvalue weighted by atomic mass is 9.93. The largest absolute Gasteiger partial charge is 0.401 e. The van der Waals surface area contributed by atoms with Gasteiger partial charge in [-0.3, -0.25) is 4.90 Å². The van der Waals surface area contributed by atoms with Gasteiger partial charge in [0.25, 0.3) is 0 Å². The fourth-order valence-electron chi connectivity index (χ4n) is 1.51. The van der Waals surface area contributed by atoms with Crippen LogP contribution in [-0.2, 0) is 12.0 Å². The lowest BCUT2D eigenvalue weighted by molar-refractivity contribution is -0.146. The third-order valence-electron chi connectivity index (χ3n) is 2.48. The van der Waals surface area contributed by atoms with Crippen LogP contribution in [0.4, 0.5) is 13.2 Å². The van der Waals surface area contributed by atoms with Crippen molar-refractivity contribution in [2.75, 3.05) is 19.0 Å². The minimum Gasteiger partial charge on any atom is -0.287 e. The maximum Gasteiger partial charge on any atom is 0.401 e. The van der Waals surface area contributed by atoms with Gasteiger partial charge in [-0.2, -0.15) is 13.2 Å². The van der Waals surface area contributed by atoms with Crippen LogP contribution in [0.15, 0.2) is 5.38 Å². The lowest BCUT2D eigenvalue weighted by Gasteiger charge is -2.21. The summed E-state index contributed by atoms with van der Waals surface area (Å²) in [5, 5.41) is 2.60. The second kappa shape index (κ2) is 6.41. The second-order valence-corrected chi connectivity index (χ2v) is 6.71. The maximum absolute atomic E-state index is 12.4. The van der Waals surface area contributed by atoms with Gasteiger partial charge in [-0.25, -0.2) is 4.98 Å². The van der Waals surface area contributed by atoms with Crippen molar-refractivity contribution in [2.45, 2.75) is 38.9 Å². The molecular formula is C12H18ClF3N2S. The quantitative estimate of drug-likeness (QED) is 0.762. The molecular weight excluding hydrogens is 297 g/mol. The van der Waals surface area contributed by atoms with Gasteiger partial charge in [-0.05, 0) is 0 Å². The molecule has 0 unspecified atom stereocenters. The van der Waals surface area contributed by atoms with Gasteiger partial charge < -0.3 is 0 Å². The fraction of sp³-hybridized carbons (Fsp3) is 0.750. The Morgan fingerprint density at radius 3 is 2.37 bits per heavy atom. The van der Waals surface area contributed by atoms with E-state index in [-0.39, 0.29) is 24.4 Å². The Bertz CT molecular complexity index is 398. The normalized spacial score (nSPS) is 13.3. The van der Waals surface area contributed by atoms with E-state index in [1.165, 1.54) is 16.2 Å². The summed E-state index contributed by atoms with van der Waals surface area (Å²) in [6, 6.07) is 0. The third-order valence-corrected chi connectivity index (χ3v) is 3.49. The summed E-state index contributed by atoms with van der Waals surface area (Å²) >= 11 is 6.94. The summed E-state index contributed by atoms with van der Waals surface area (Å²) in [7, 11) is 0. The number of thiazole rings is 1. The summed E-state index contributed by atoms with van der Waals surface area (Å²) in [4.78, 5) is 5.68. The van der Waals surface area contributed by atoms with Crippen LogP contribution >= 0.6 is 22.9 Å². The number of rotatable bonds is 5. The fourth-order valence-corrected chi connectivity index (χ4v) is 2.81. The zero-order chi connectivity index (χ0) is 14.7. The van der Waals surface area contributed by atoms with Gasteiger partial charge in [0, 0.05) is 23.2 Å². The highest BCUT2D eigenvalue weighted by Crippen LogP contribution is 2.25. The number of halogens is 4. The van der Waals surface area contributed by atoms with Crippen LogP contribution in [0.2, 0.25) is 0 Å². The van der Waals surface area contributed by atoms with E-state index < -0.39 is 12.7 Å². The van der Waals surface area contributed by atoms with E-state index in [0.29, 0.717) is 5.01 Å². The molecule has 1 heterocycles. The third kappa shape index (κ3) is 6.10. The van der Waals surface area contributed by atoms with Gasteiger partial charge >= 0.3 is 6.18 Å². The molecule has 0 aliphatic carbocycles. The average molecular weight is 315 g/mol. The minimum atomic E-state index is -4.21. The Kier molecular flexibility index (Phi) is 5.65.